The van der Waals surface area contributed by atoms with Crippen LogP contribution < -0.4 is 4.90 Å². The van der Waals surface area contributed by atoms with Gasteiger partial charge in [0.25, 0.3) is 0 Å². The van der Waals surface area contributed by atoms with Crippen LogP contribution in [0.5, 0.6) is 0 Å². The van der Waals surface area contributed by atoms with Crippen molar-refractivity contribution >= 4 is 27.8 Å². The zero-order valence-electron chi connectivity index (χ0n) is 39.7. The molecule has 12 aromatic rings. The number of hydrogen-bond donors (Lipinski definition) is 0. The van der Waals surface area contributed by atoms with Crippen LogP contribution in [0.4, 0.5) is 17.1 Å². The summed E-state index contributed by atoms with van der Waals surface area (Å²) >= 11 is 0. The summed E-state index contributed by atoms with van der Waals surface area (Å²) in [5.74, 6) is 0. The first-order chi connectivity index (χ1) is 35.7. The minimum Gasteiger partial charge on any atom is -0.311 e. The van der Waals surface area contributed by atoms with E-state index in [1.165, 1.54) is 94.2 Å². The summed E-state index contributed by atoms with van der Waals surface area (Å²) in [6, 6.07) is 109. The van der Waals surface area contributed by atoms with Crippen molar-refractivity contribution in [1.82, 2.24) is 0 Å². The smallest absolute Gasteiger partial charge is 0.0719 e. The summed E-state index contributed by atoms with van der Waals surface area (Å²) in [4.78, 5) is 2.35. The van der Waals surface area contributed by atoms with Crippen LogP contribution in [-0.2, 0) is 5.41 Å². The Morgan fingerprint density at radius 3 is 1.00 bits per heavy atom. The average molecular weight is 916 g/mol. The van der Waals surface area contributed by atoms with E-state index in [1.807, 2.05) is 0 Å². The molecular formula is C71H49N. The molecular weight excluding hydrogens is 867 g/mol. The number of anilines is 3. The quantitative estimate of drug-likeness (QED) is 0.132. The molecule has 1 nitrogen and oxygen atoms in total. The van der Waals surface area contributed by atoms with Crippen molar-refractivity contribution in [1.29, 1.82) is 0 Å². The van der Waals surface area contributed by atoms with Crippen molar-refractivity contribution in [2.75, 3.05) is 4.90 Å². The Kier molecular flexibility index (Phi) is 10.8. The van der Waals surface area contributed by atoms with Gasteiger partial charge in [0.1, 0.15) is 0 Å². The van der Waals surface area contributed by atoms with Crippen molar-refractivity contribution in [3.8, 4) is 66.8 Å². The normalized spacial score (nSPS) is 12.3. The number of nitrogens with zero attached hydrogens (tertiary/aromatic N) is 1. The maximum Gasteiger partial charge on any atom is 0.0719 e. The van der Waals surface area contributed by atoms with Crippen LogP contribution in [0.1, 0.15) is 22.3 Å². The fourth-order valence-electron chi connectivity index (χ4n) is 11.5. The monoisotopic (exact) mass is 915 g/mol. The number of benzene rings is 12. The summed E-state index contributed by atoms with van der Waals surface area (Å²) in [6.45, 7) is 0. The van der Waals surface area contributed by atoms with Gasteiger partial charge in [0.2, 0.25) is 0 Å². The molecule has 12 aromatic carbocycles. The summed E-state index contributed by atoms with van der Waals surface area (Å²) in [6.07, 6.45) is 0. The lowest BCUT2D eigenvalue weighted by Gasteiger charge is -2.35. The van der Waals surface area contributed by atoms with Crippen molar-refractivity contribution in [3.05, 3.63) is 320 Å². The minimum absolute atomic E-state index is 0.543. The van der Waals surface area contributed by atoms with Crippen molar-refractivity contribution < 1.29 is 0 Å². The van der Waals surface area contributed by atoms with E-state index in [2.05, 4.69) is 302 Å². The molecule has 0 aliphatic heterocycles. The molecule has 0 heterocycles. The van der Waals surface area contributed by atoms with Crippen LogP contribution in [0.3, 0.4) is 0 Å². The highest BCUT2D eigenvalue weighted by atomic mass is 15.1. The molecule has 338 valence electrons. The molecule has 0 radical (unpaired) electrons. The van der Waals surface area contributed by atoms with Gasteiger partial charge in [0.15, 0.2) is 0 Å². The van der Waals surface area contributed by atoms with Gasteiger partial charge >= 0.3 is 0 Å². The predicted octanol–water partition coefficient (Wildman–Crippen LogP) is 19.0. The highest BCUT2D eigenvalue weighted by Crippen LogP contribution is 2.62. The largest absolute Gasteiger partial charge is 0.311 e. The first kappa shape index (κ1) is 42.8. The molecule has 0 unspecified atom stereocenters. The van der Waals surface area contributed by atoms with Crippen LogP contribution >= 0.6 is 0 Å². The Labute approximate surface area is 422 Å². The fraction of sp³-hybridized carbons (Fsp3) is 0.0141. The van der Waals surface area contributed by atoms with Crippen LogP contribution in [-0.4, -0.2) is 0 Å². The highest BCUT2D eigenvalue weighted by molar-refractivity contribution is 6.15. The second kappa shape index (κ2) is 18.2. The van der Waals surface area contributed by atoms with Crippen LogP contribution in [0.15, 0.2) is 297 Å². The summed E-state index contributed by atoms with van der Waals surface area (Å²) in [5, 5.41) is 2.50. The molecule has 0 amide bonds. The van der Waals surface area contributed by atoms with E-state index in [4.69, 9.17) is 0 Å². The third kappa shape index (κ3) is 7.25. The molecule has 0 fully saturated rings. The Hall–Kier alpha value is -9.30. The summed E-state index contributed by atoms with van der Waals surface area (Å²) in [5.41, 5.74) is 22.5. The third-order valence-corrected chi connectivity index (χ3v) is 14.8. The van der Waals surface area contributed by atoms with Crippen LogP contribution in [0.2, 0.25) is 0 Å². The highest BCUT2D eigenvalue weighted by Gasteiger charge is 2.48. The minimum atomic E-state index is -0.543. The van der Waals surface area contributed by atoms with E-state index in [0.717, 1.165) is 22.6 Å². The topological polar surface area (TPSA) is 3.24 Å². The molecule has 0 bridgehead atoms. The van der Waals surface area contributed by atoms with Gasteiger partial charge in [-0.1, -0.05) is 261 Å². The second-order valence-electron chi connectivity index (χ2n) is 18.7. The lowest BCUT2D eigenvalue weighted by Crippen LogP contribution is -2.28. The molecule has 1 aliphatic rings. The SMILES string of the molecule is c1ccc(-c2ccc(N(c3ccc(-c4ccccc4)cc3)c3ccc(-c4ccc(-c5c(-c6ccccc6)c6c(c7ccccc57)C(c5ccccc5)(c5ccccc5)c5ccccc5-6)cc4)cc3)cc2)cc1. The van der Waals surface area contributed by atoms with Gasteiger partial charge in [0, 0.05) is 17.1 Å². The maximum absolute atomic E-state index is 2.36. The van der Waals surface area contributed by atoms with Gasteiger partial charge in [-0.05, 0) is 136 Å². The number of rotatable bonds is 10. The zero-order valence-corrected chi connectivity index (χ0v) is 39.7. The maximum atomic E-state index is 2.36. The van der Waals surface area contributed by atoms with Crippen molar-refractivity contribution in [2.45, 2.75) is 5.41 Å². The Balaban J connectivity index is 0.932. The molecule has 0 saturated carbocycles. The molecule has 0 saturated heterocycles. The first-order valence-electron chi connectivity index (χ1n) is 24.9. The van der Waals surface area contributed by atoms with Gasteiger partial charge in [-0.3, -0.25) is 0 Å². The molecule has 1 heteroatoms. The molecule has 0 aromatic heterocycles. The Morgan fingerprint density at radius 2 is 0.542 bits per heavy atom. The van der Waals surface area contributed by atoms with Gasteiger partial charge < -0.3 is 4.90 Å². The fourth-order valence-corrected chi connectivity index (χ4v) is 11.5. The van der Waals surface area contributed by atoms with Gasteiger partial charge in [0.05, 0.1) is 5.41 Å². The molecule has 0 spiro atoms. The van der Waals surface area contributed by atoms with Gasteiger partial charge in [-0.25, -0.2) is 0 Å². The van der Waals surface area contributed by atoms with Gasteiger partial charge in [-0.15, -0.1) is 0 Å². The standard InChI is InChI=1S/C71H49N/c1-6-20-50(21-7-1)53-38-44-60(45-39-53)72(61-46-40-54(41-47-61)51-22-8-2-9-23-51)62-48-42-55(43-49-62)52-34-36-57(37-35-52)67-63-30-16-17-31-64(63)70-69(68(67)56-24-10-3-11-25-56)65-32-18-19-33-66(65)71(70,58-26-12-4-13-27-58)59-28-14-5-15-29-59/h1-49H. The Bertz CT molecular complexity index is 3710. The average Bonchev–Trinajstić information content (AvgIpc) is 3.79. The van der Waals surface area contributed by atoms with Crippen molar-refractivity contribution in [3.63, 3.8) is 0 Å². The van der Waals surface area contributed by atoms with Crippen LogP contribution in [0, 0.1) is 0 Å². The molecule has 0 N–H and O–H groups in total. The number of fused-ring (bicyclic) bond motifs is 5. The summed E-state index contributed by atoms with van der Waals surface area (Å²) in [7, 11) is 0. The van der Waals surface area contributed by atoms with E-state index in [-0.39, 0.29) is 0 Å². The van der Waals surface area contributed by atoms with E-state index < -0.39 is 5.41 Å². The van der Waals surface area contributed by atoms with Crippen LogP contribution in [0.25, 0.3) is 77.5 Å². The Morgan fingerprint density at radius 1 is 0.222 bits per heavy atom. The predicted molar refractivity (Wildman–Crippen MR) is 303 cm³/mol. The first-order valence-corrected chi connectivity index (χ1v) is 24.9. The number of hydrogen-bond acceptors (Lipinski definition) is 1. The summed E-state index contributed by atoms with van der Waals surface area (Å²) < 4.78 is 0. The zero-order chi connectivity index (χ0) is 47.8. The van der Waals surface area contributed by atoms with Crippen molar-refractivity contribution in [2.24, 2.45) is 0 Å². The lowest BCUT2D eigenvalue weighted by molar-refractivity contribution is 0.775. The molecule has 13 rings (SSSR count). The second-order valence-corrected chi connectivity index (χ2v) is 18.7. The van der Waals surface area contributed by atoms with Gasteiger partial charge in [-0.2, -0.15) is 0 Å². The van der Waals surface area contributed by atoms with E-state index in [9.17, 15) is 0 Å². The third-order valence-electron chi connectivity index (χ3n) is 14.8. The van der Waals surface area contributed by atoms with E-state index in [0.29, 0.717) is 0 Å². The molecule has 1 aliphatic carbocycles. The molecule has 0 atom stereocenters. The van der Waals surface area contributed by atoms with E-state index >= 15 is 0 Å². The lowest BCUT2D eigenvalue weighted by atomic mass is 9.66. The molecule has 72 heavy (non-hydrogen) atoms. The van der Waals surface area contributed by atoms with E-state index in [1.54, 1.807) is 0 Å².